The van der Waals surface area contributed by atoms with E-state index in [1.54, 1.807) is 13.4 Å². The molecular weight excluding hydrogens is 454 g/mol. The maximum atomic E-state index is 12.8. The zero-order chi connectivity index (χ0) is 23.1. The summed E-state index contributed by atoms with van der Waals surface area (Å²) in [6, 6.07) is 1.37. The van der Waals surface area contributed by atoms with Gasteiger partial charge in [0, 0.05) is 30.6 Å². The molecule has 1 saturated carbocycles. The molecule has 5 rings (SSSR count). The van der Waals surface area contributed by atoms with E-state index >= 15 is 0 Å². The lowest BCUT2D eigenvalue weighted by Crippen LogP contribution is -2.28. The first-order valence-electron chi connectivity index (χ1n) is 10.7. The van der Waals surface area contributed by atoms with Crippen LogP contribution in [0.25, 0.3) is 0 Å². The van der Waals surface area contributed by atoms with Crippen molar-refractivity contribution in [2.75, 3.05) is 17.6 Å². The number of nitrogens with one attached hydrogen (secondary N) is 2. The summed E-state index contributed by atoms with van der Waals surface area (Å²) in [5, 5.41) is 18.7. The standard InChI is InChI=1S/C20H24F2N8O2S/c1-29-14(7-15(28-29)32-19(21)22)26-20-27-25-9-30(20)11-4-5-13-12(6-11)16(17(23)33-13)18(31)24-8-10-2-3-10/h7,9-11,19H,2-6,8,23H2,1H3,(H,24,31)(H,26,27)/t11-/m0/s1. The smallest absolute Gasteiger partial charge is 0.388 e. The van der Waals surface area contributed by atoms with E-state index in [2.05, 4.69) is 30.7 Å². The third-order valence-corrected chi connectivity index (χ3v) is 7.13. The Bertz CT molecular complexity index is 1170. The molecule has 33 heavy (non-hydrogen) atoms. The second kappa shape index (κ2) is 8.61. The van der Waals surface area contributed by atoms with Crippen LogP contribution in [-0.4, -0.2) is 43.6 Å². The van der Waals surface area contributed by atoms with Crippen LogP contribution >= 0.6 is 11.3 Å². The average Bonchev–Trinajstić information content (AvgIpc) is 3.23. The van der Waals surface area contributed by atoms with E-state index in [9.17, 15) is 13.6 Å². The van der Waals surface area contributed by atoms with Crippen LogP contribution in [0, 0.1) is 5.92 Å². The lowest BCUT2D eigenvalue weighted by atomic mass is 9.91. The Morgan fingerprint density at radius 1 is 1.39 bits per heavy atom. The number of thiophene rings is 1. The highest BCUT2D eigenvalue weighted by molar-refractivity contribution is 7.16. The SMILES string of the molecule is Cn1nc(OC(F)F)cc1Nc1nncn1[C@H]1CCc2sc(N)c(C(=O)NCC3CC3)c2C1. The summed E-state index contributed by atoms with van der Waals surface area (Å²) in [5.41, 5.74) is 7.80. The van der Waals surface area contributed by atoms with Crippen molar-refractivity contribution in [3.63, 3.8) is 0 Å². The second-order valence-electron chi connectivity index (χ2n) is 8.35. The van der Waals surface area contributed by atoms with Crippen LogP contribution in [0.15, 0.2) is 12.4 Å². The van der Waals surface area contributed by atoms with Gasteiger partial charge in [-0.15, -0.1) is 26.6 Å². The molecule has 2 aliphatic rings. The van der Waals surface area contributed by atoms with Crippen LogP contribution in [0.1, 0.15) is 46.1 Å². The molecule has 0 saturated heterocycles. The van der Waals surface area contributed by atoms with E-state index in [0.717, 1.165) is 36.1 Å². The Hall–Kier alpha value is -3.22. The molecule has 1 atom stereocenters. The van der Waals surface area contributed by atoms with Gasteiger partial charge >= 0.3 is 6.61 Å². The molecule has 4 N–H and O–H groups in total. The number of anilines is 3. The van der Waals surface area contributed by atoms with Crippen molar-refractivity contribution < 1.29 is 18.3 Å². The molecule has 3 aromatic rings. The van der Waals surface area contributed by atoms with Gasteiger partial charge in [-0.2, -0.15) is 8.78 Å². The van der Waals surface area contributed by atoms with E-state index in [0.29, 0.717) is 41.2 Å². The van der Waals surface area contributed by atoms with Crippen LogP contribution in [0.5, 0.6) is 5.88 Å². The van der Waals surface area contributed by atoms with Crippen molar-refractivity contribution in [1.29, 1.82) is 0 Å². The molecule has 0 aliphatic heterocycles. The van der Waals surface area contributed by atoms with Gasteiger partial charge in [-0.05, 0) is 43.6 Å². The summed E-state index contributed by atoms with van der Waals surface area (Å²) in [5.74, 6) is 1.15. The fourth-order valence-electron chi connectivity index (χ4n) is 4.14. The zero-order valence-corrected chi connectivity index (χ0v) is 18.7. The molecule has 1 fully saturated rings. The number of carbonyl (C=O) groups is 1. The Balaban J connectivity index is 1.34. The molecule has 0 spiro atoms. The van der Waals surface area contributed by atoms with Gasteiger partial charge in [0.05, 0.1) is 10.6 Å². The second-order valence-corrected chi connectivity index (χ2v) is 9.49. The van der Waals surface area contributed by atoms with Crippen LogP contribution < -0.4 is 21.1 Å². The average molecular weight is 479 g/mol. The minimum atomic E-state index is -2.96. The number of hydrogen-bond acceptors (Lipinski definition) is 8. The predicted octanol–water partition coefficient (Wildman–Crippen LogP) is 2.87. The van der Waals surface area contributed by atoms with Gasteiger partial charge in [-0.25, -0.2) is 4.68 Å². The largest absolute Gasteiger partial charge is 0.415 e. The lowest BCUT2D eigenvalue weighted by molar-refractivity contribution is -0.0531. The minimum absolute atomic E-state index is 0.00370. The third kappa shape index (κ3) is 4.49. The Labute approximate surface area is 192 Å². The number of nitrogens with two attached hydrogens (primary N) is 1. The highest BCUT2D eigenvalue weighted by Crippen LogP contribution is 2.40. The van der Waals surface area contributed by atoms with Gasteiger partial charge < -0.3 is 21.1 Å². The zero-order valence-electron chi connectivity index (χ0n) is 17.9. The summed E-state index contributed by atoms with van der Waals surface area (Å²) in [4.78, 5) is 14.0. The molecule has 3 heterocycles. The quantitative estimate of drug-likeness (QED) is 0.455. The summed E-state index contributed by atoms with van der Waals surface area (Å²) >= 11 is 1.48. The maximum absolute atomic E-state index is 12.8. The van der Waals surface area contributed by atoms with E-state index < -0.39 is 6.61 Å². The molecule has 1 amide bonds. The fraction of sp³-hybridized carbons (Fsp3) is 0.500. The van der Waals surface area contributed by atoms with Gasteiger partial charge in [-0.3, -0.25) is 9.36 Å². The molecule has 2 aliphatic carbocycles. The van der Waals surface area contributed by atoms with Crippen molar-refractivity contribution >= 4 is 34.0 Å². The van der Waals surface area contributed by atoms with Crippen molar-refractivity contribution in [2.45, 2.75) is 44.8 Å². The number of halogens is 2. The van der Waals surface area contributed by atoms with Crippen LogP contribution in [0.4, 0.5) is 25.5 Å². The van der Waals surface area contributed by atoms with Crippen molar-refractivity contribution in [3.05, 3.63) is 28.4 Å². The van der Waals surface area contributed by atoms with Crippen LogP contribution in [-0.2, 0) is 19.9 Å². The molecule has 3 aromatic heterocycles. The van der Waals surface area contributed by atoms with Gasteiger partial charge in [0.15, 0.2) is 0 Å². The first-order valence-corrected chi connectivity index (χ1v) is 11.5. The summed E-state index contributed by atoms with van der Waals surface area (Å²) in [6.07, 6.45) is 6.18. The number of nitrogens with zero attached hydrogens (tertiary/aromatic N) is 5. The number of aryl methyl sites for hydroxylation is 2. The topological polar surface area (TPSA) is 125 Å². The van der Waals surface area contributed by atoms with Crippen LogP contribution in [0.3, 0.4) is 0 Å². The first kappa shape index (κ1) is 21.6. The van der Waals surface area contributed by atoms with E-state index in [-0.39, 0.29) is 17.8 Å². The predicted molar refractivity (Wildman–Crippen MR) is 118 cm³/mol. The highest BCUT2D eigenvalue weighted by atomic mass is 32.1. The number of rotatable bonds is 8. The molecule has 10 nitrogen and oxygen atoms in total. The fourth-order valence-corrected chi connectivity index (χ4v) is 5.25. The number of hydrogen-bond donors (Lipinski definition) is 3. The monoisotopic (exact) mass is 478 g/mol. The maximum Gasteiger partial charge on any atom is 0.388 e. The van der Waals surface area contributed by atoms with Crippen molar-refractivity contribution in [1.82, 2.24) is 29.9 Å². The summed E-state index contributed by atoms with van der Waals surface area (Å²) < 4.78 is 32.6. The van der Waals surface area contributed by atoms with E-state index in [4.69, 9.17) is 5.73 Å². The van der Waals surface area contributed by atoms with Gasteiger partial charge in [-0.1, -0.05) is 0 Å². The molecule has 0 aromatic carbocycles. The lowest BCUT2D eigenvalue weighted by Gasteiger charge is -2.25. The minimum Gasteiger partial charge on any atom is -0.415 e. The number of amides is 1. The Morgan fingerprint density at radius 2 is 2.21 bits per heavy atom. The molecular formula is C20H24F2N8O2S. The normalized spacial score (nSPS) is 17.8. The summed E-state index contributed by atoms with van der Waals surface area (Å²) in [6.45, 7) is -2.27. The van der Waals surface area contributed by atoms with Gasteiger partial charge in [0.25, 0.3) is 5.91 Å². The molecule has 13 heteroatoms. The number of alkyl halides is 2. The van der Waals surface area contributed by atoms with Gasteiger partial charge in [0.2, 0.25) is 11.8 Å². The Kier molecular flexibility index (Phi) is 5.64. The molecule has 176 valence electrons. The van der Waals surface area contributed by atoms with E-state index in [1.165, 1.54) is 22.1 Å². The number of carbonyl (C=O) groups excluding carboxylic acids is 1. The third-order valence-electron chi connectivity index (χ3n) is 6.01. The highest BCUT2D eigenvalue weighted by Gasteiger charge is 2.31. The number of ether oxygens (including phenoxy) is 1. The molecule has 0 radical (unpaired) electrons. The van der Waals surface area contributed by atoms with Crippen molar-refractivity contribution in [3.8, 4) is 5.88 Å². The molecule has 0 unspecified atom stereocenters. The van der Waals surface area contributed by atoms with E-state index in [1.807, 2.05) is 4.57 Å². The Morgan fingerprint density at radius 3 is 2.97 bits per heavy atom. The van der Waals surface area contributed by atoms with Gasteiger partial charge in [0.1, 0.15) is 12.1 Å². The molecule has 0 bridgehead atoms. The number of nitrogen functional groups attached to an aromatic ring is 1. The van der Waals surface area contributed by atoms with Crippen molar-refractivity contribution in [2.24, 2.45) is 13.0 Å². The summed E-state index contributed by atoms with van der Waals surface area (Å²) in [7, 11) is 1.61. The number of aromatic nitrogens is 5. The first-order chi connectivity index (χ1) is 15.9. The van der Waals surface area contributed by atoms with Crippen LogP contribution in [0.2, 0.25) is 0 Å². The number of fused-ring (bicyclic) bond motifs is 1.